The van der Waals surface area contributed by atoms with E-state index in [4.69, 9.17) is 14.2 Å². The molecule has 0 atom stereocenters. The second kappa shape index (κ2) is 6.80. The molecule has 0 radical (unpaired) electrons. The van der Waals surface area contributed by atoms with E-state index >= 15 is 0 Å². The third-order valence-corrected chi connectivity index (χ3v) is 3.52. The van der Waals surface area contributed by atoms with Crippen LogP contribution in [0.2, 0.25) is 0 Å². The van der Waals surface area contributed by atoms with E-state index < -0.39 is 0 Å². The van der Waals surface area contributed by atoms with Gasteiger partial charge in [-0.15, -0.1) is 0 Å². The third kappa shape index (κ3) is 3.88. The van der Waals surface area contributed by atoms with Gasteiger partial charge in [-0.05, 0) is 43.5 Å². The van der Waals surface area contributed by atoms with Crippen molar-refractivity contribution in [2.45, 2.75) is 32.9 Å². The van der Waals surface area contributed by atoms with Gasteiger partial charge in [0.2, 0.25) is 0 Å². The lowest BCUT2D eigenvalue weighted by molar-refractivity contribution is -0.148. The first kappa shape index (κ1) is 15.6. The zero-order chi connectivity index (χ0) is 15.4. The molecule has 0 spiro atoms. The van der Waals surface area contributed by atoms with Crippen LogP contribution in [0.5, 0.6) is 11.5 Å². The van der Waals surface area contributed by atoms with E-state index in [1.807, 2.05) is 26.0 Å². The predicted octanol–water partition coefficient (Wildman–Crippen LogP) is 2.01. The van der Waals surface area contributed by atoms with E-state index in [9.17, 15) is 4.79 Å². The minimum Gasteiger partial charge on any atom is -0.493 e. The fourth-order valence-electron chi connectivity index (χ4n) is 2.56. The average molecular weight is 293 g/mol. The molecule has 2 rings (SSSR count). The summed E-state index contributed by atoms with van der Waals surface area (Å²) in [5.74, 6) is 1.31. The first-order valence-electron chi connectivity index (χ1n) is 7.19. The Morgan fingerprint density at radius 3 is 2.38 bits per heavy atom. The quantitative estimate of drug-likeness (QED) is 0.777. The smallest absolute Gasteiger partial charge is 0.320 e. The van der Waals surface area contributed by atoms with Gasteiger partial charge in [-0.3, -0.25) is 9.69 Å². The van der Waals surface area contributed by atoms with Crippen LogP contribution in [0.1, 0.15) is 25.0 Å². The summed E-state index contributed by atoms with van der Waals surface area (Å²) in [6.07, 6.45) is 0.823. The van der Waals surface area contributed by atoms with Gasteiger partial charge in [0.15, 0.2) is 11.5 Å². The Morgan fingerprint density at radius 2 is 1.81 bits per heavy atom. The van der Waals surface area contributed by atoms with Gasteiger partial charge in [0.1, 0.15) is 0 Å². The minimum absolute atomic E-state index is 0.0704. The highest BCUT2D eigenvalue weighted by molar-refractivity contribution is 5.71. The molecule has 1 heterocycles. The number of nitrogens with zero attached hydrogens (tertiary/aromatic N) is 1. The Morgan fingerprint density at radius 1 is 1.19 bits per heavy atom. The summed E-state index contributed by atoms with van der Waals surface area (Å²) in [6, 6.07) is 4.02. The summed E-state index contributed by atoms with van der Waals surface area (Å²) in [5.41, 5.74) is 2.43. The summed E-state index contributed by atoms with van der Waals surface area (Å²) in [4.78, 5) is 13.8. The number of carbonyl (C=O) groups excluding carboxylic acids is 1. The number of rotatable bonds is 5. The molecule has 0 aromatic heterocycles. The molecule has 5 nitrogen and oxygen atoms in total. The van der Waals surface area contributed by atoms with Crippen LogP contribution in [0.15, 0.2) is 12.1 Å². The van der Waals surface area contributed by atoms with E-state index in [1.165, 1.54) is 11.1 Å². The summed E-state index contributed by atoms with van der Waals surface area (Å²) in [6.45, 7) is 5.62. The molecule has 0 saturated heterocycles. The molecule has 0 bridgehead atoms. The molecule has 0 N–H and O–H groups in total. The Kier molecular flexibility index (Phi) is 5.07. The molecule has 21 heavy (non-hydrogen) atoms. The largest absolute Gasteiger partial charge is 0.493 e. The van der Waals surface area contributed by atoms with Crippen molar-refractivity contribution < 1.29 is 19.0 Å². The van der Waals surface area contributed by atoms with Crippen LogP contribution >= 0.6 is 0 Å². The van der Waals surface area contributed by atoms with Crippen LogP contribution < -0.4 is 9.47 Å². The summed E-state index contributed by atoms with van der Waals surface area (Å²) in [5, 5.41) is 0. The molecule has 1 aliphatic rings. The standard InChI is InChI=1S/C16H23NO4/c1-11(2)21-16(18)10-17-6-5-12-7-14(19-3)15(20-4)8-13(12)9-17/h7-8,11H,5-6,9-10H2,1-4H3. The van der Waals surface area contributed by atoms with Crippen molar-refractivity contribution in [2.24, 2.45) is 0 Å². The van der Waals surface area contributed by atoms with Crippen molar-refractivity contribution in [1.82, 2.24) is 4.90 Å². The van der Waals surface area contributed by atoms with Gasteiger partial charge in [-0.2, -0.15) is 0 Å². The van der Waals surface area contributed by atoms with E-state index in [0.29, 0.717) is 6.54 Å². The van der Waals surface area contributed by atoms with E-state index in [-0.39, 0.29) is 12.1 Å². The maximum atomic E-state index is 11.7. The molecular weight excluding hydrogens is 270 g/mol. The van der Waals surface area contributed by atoms with Crippen molar-refractivity contribution in [2.75, 3.05) is 27.3 Å². The van der Waals surface area contributed by atoms with Crippen molar-refractivity contribution in [1.29, 1.82) is 0 Å². The van der Waals surface area contributed by atoms with E-state index in [1.54, 1.807) is 14.2 Å². The minimum atomic E-state index is -0.172. The number of hydrogen-bond acceptors (Lipinski definition) is 5. The fourth-order valence-corrected chi connectivity index (χ4v) is 2.56. The average Bonchev–Trinajstić information content (AvgIpc) is 2.44. The molecule has 0 amide bonds. The lowest BCUT2D eigenvalue weighted by atomic mass is 9.99. The molecule has 5 heteroatoms. The highest BCUT2D eigenvalue weighted by Crippen LogP contribution is 2.33. The number of hydrogen-bond donors (Lipinski definition) is 0. The topological polar surface area (TPSA) is 48.0 Å². The highest BCUT2D eigenvalue weighted by atomic mass is 16.5. The van der Waals surface area contributed by atoms with Crippen LogP contribution in [-0.2, 0) is 22.5 Å². The second-order valence-electron chi connectivity index (χ2n) is 5.48. The third-order valence-electron chi connectivity index (χ3n) is 3.52. The van der Waals surface area contributed by atoms with E-state index in [2.05, 4.69) is 4.90 Å². The van der Waals surface area contributed by atoms with Gasteiger partial charge in [0.25, 0.3) is 0 Å². The van der Waals surface area contributed by atoms with Gasteiger partial charge < -0.3 is 14.2 Å². The molecule has 116 valence electrons. The number of carbonyl (C=O) groups is 1. The Balaban J connectivity index is 2.07. The van der Waals surface area contributed by atoms with Gasteiger partial charge in [-0.25, -0.2) is 0 Å². The van der Waals surface area contributed by atoms with Gasteiger partial charge in [-0.1, -0.05) is 0 Å². The highest BCUT2D eigenvalue weighted by Gasteiger charge is 2.21. The number of methoxy groups -OCH3 is 2. The second-order valence-corrected chi connectivity index (χ2v) is 5.48. The number of esters is 1. The lowest BCUT2D eigenvalue weighted by Gasteiger charge is -2.28. The summed E-state index contributed by atoms with van der Waals surface area (Å²) >= 11 is 0. The van der Waals surface area contributed by atoms with Crippen molar-refractivity contribution in [3.8, 4) is 11.5 Å². The fraction of sp³-hybridized carbons (Fsp3) is 0.562. The Hall–Kier alpha value is -1.75. The number of benzene rings is 1. The van der Waals surface area contributed by atoms with Crippen LogP contribution in [0.25, 0.3) is 0 Å². The first-order chi connectivity index (χ1) is 10.0. The molecule has 0 saturated carbocycles. The maximum absolute atomic E-state index is 11.7. The lowest BCUT2D eigenvalue weighted by Crippen LogP contribution is -2.36. The van der Waals surface area contributed by atoms with Gasteiger partial charge in [0, 0.05) is 13.1 Å². The Labute approximate surface area is 125 Å². The first-order valence-corrected chi connectivity index (χ1v) is 7.19. The van der Waals surface area contributed by atoms with Crippen molar-refractivity contribution in [3.63, 3.8) is 0 Å². The zero-order valence-electron chi connectivity index (χ0n) is 13.1. The summed E-state index contributed by atoms with van der Waals surface area (Å²) < 4.78 is 15.9. The summed E-state index contributed by atoms with van der Waals surface area (Å²) in [7, 11) is 3.27. The molecular formula is C16H23NO4. The Bertz CT molecular complexity index is 513. The molecule has 1 aliphatic heterocycles. The monoisotopic (exact) mass is 293 g/mol. The number of ether oxygens (including phenoxy) is 3. The SMILES string of the molecule is COc1cc2c(cc1OC)CN(CC(=O)OC(C)C)CC2. The van der Waals surface area contributed by atoms with Crippen LogP contribution in [0.3, 0.4) is 0 Å². The maximum Gasteiger partial charge on any atom is 0.320 e. The van der Waals surface area contributed by atoms with Crippen LogP contribution in [0, 0.1) is 0 Å². The van der Waals surface area contributed by atoms with E-state index in [0.717, 1.165) is 31.0 Å². The van der Waals surface area contributed by atoms with Gasteiger partial charge in [0.05, 0.1) is 26.9 Å². The predicted molar refractivity (Wildman–Crippen MR) is 79.8 cm³/mol. The molecule has 0 unspecified atom stereocenters. The number of fused-ring (bicyclic) bond motifs is 1. The molecule has 1 aromatic rings. The molecule has 0 aliphatic carbocycles. The van der Waals surface area contributed by atoms with Crippen molar-refractivity contribution in [3.05, 3.63) is 23.3 Å². The van der Waals surface area contributed by atoms with Crippen LogP contribution in [-0.4, -0.2) is 44.3 Å². The van der Waals surface area contributed by atoms with Crippen molar-refractivity contribution >= 4 is 5.97 Å². The normalized spacial score (nSPS) is 14.7. The molecule has 1 aromatic carbocycles. The van der Waals surface area contributed by atoms with Crippen LogP contribution in [0.4, 0.5) is 0 Å². The zero-order valence-corrected chi connectivity index (χ0v) is 13.1. The molecule has 0 fully saturated rings. The van der Waals surface area contributed by atoms with Gasteiger partial charge >= 0.3 is 5.97 Å².